The van der Waals surface area contributed by atoms with Crippen molar-refractivity contribution in [2.24, 2.45) is 0 Å². The maximum atomic E-state index is 11.6. The molecule has 2 aromatic rings. The van der Waals surface area contributed by atoms with E-state index in [4.69, 9.17) is 0 Å². The van der Waals surface area contributed by atoms with Gasteiger partial charge in [-0.3, -0.25) is 4.79 Å². The lowest BCUT2D eigenvalue weighted by Gasteiger charge is -2.06. The van der Waals surface area contributed by atoms with E-state index in [0.717, 1.165) is 27.9 Å². The zero-order valence-electron chi connectivity index (χ0n) is 10.8. The molecule has 0 aliphatic rings. The molecule has 6 heteroatoms. The van der Waals surface area contributed by atoms with Crippen molar-refractivity contribution in [1.82, 2.24) is 9.97 Å². The highest BCUT2D eigenvalue weighted by atomic mass is 79.9. The summed E-state index contributed by atoms with van der Waals surface area (Å²) < 4.78 is 0.733. The van der Waals surface area contributed by atoms with Crippen molar-refractivity contribution < 1.29 is 0 Å². The lowest BCUT2D eigenvalue weighted by Crippen LogP contribution is -2.09. The predicted molar refractivity (Wildman–Crippen MR) is 81.8 cm³/mol. The lowest BCUT2D eigenvalue weighted by molar-refractivity contribution is 0.816. The highest BCUT2D eigenvalue weighted by molar-refractivity contribution is 9.10. The molecule has 0 unspecified atom stereocenters. The highest BCUT2D eigenvalue weighted by Gasteiger charge is 2.10. The van der Waals surface area contributed by atoms with E-state index in [1.54, 1.807) is 0 Å². The molecule has 0 radical (unpaired) electrons. The van der Waals surface area contributed by atoms with Crippen LogP contribution in [0.3, 0.4) is 0 Å². The Bertz CT molecular complexity index is 721. The fourth-order valence-corrected chi connectivity index (χ4v) is 3.23. The number of nitriles is 1. The number of nitrogens with one attached hydrogen (secondary N) is 1. The molecule has 0 aliphatic heterocycles. The molecule has 102 valence electrons. The van der Waals surface area contributed by atoms with Crippen LogP contribution in [0.1, 0.15) is 24.6 Å². The molecular formula is C14H12BrN3OS. The third kappa shape index (κ3) is 3.50. The Kier molecular flexibility index (Phi) is 4.99. The number of rotatable bonds is 4. The molecule has 0 saturated carbocycles. The van der Waals surface area contributed by atoms with Crippen LogP contribution >= 0.6 is 27.7 Å². The first kappa shape index (κ1) is 14.8. The summed E-state index contributed by atoms with van der Waals surface area (Å²) in [4.78, 5) is 19.5. The first-order chi connectivity index (χ1) is 9.63. The molecule has 1 aromatic carbocycles. The molecule has 20 heavy (non-hydrogen) atoms. The third-order valence-corrected chi connectivity index (χ3v) is 4.18. The number of aromatic nitrogens is 2. The fraction of sp³-hybridized carbons (Fsp3) is 0.214. The summed E-state index contributed by atoms with van der Waals surface area (Å²) >= 11 is 4.63. The monoisotopic (exact) mass is 349 g/mol. The van der Waals surface area contributed by atoms with E-state index in [-0.39, 0.29) is 5.56 Å². The second-order valence-corrected chi connectivity index (χ2v) is 6.00. The minimum atomic E-state index is -0.167. The summed E-state index contributed by atoms with van der Waals surface area (Å²) in [6, 6.07) is 9.16. The van der Waals surface area contributed by atoms with Gasteiger partial charge in [0.25, 0.3) is 5.56 Å². The normalized spacial score (nSPS) is 10.2. The molecular weight excluding hydrogens is 338 g/mol. The number of hydrogen-bond acceptors (Lipinski definition) is 4. The van der Waals surface area contributed by atoms with E-state index in [1.165, 1.54) is 17.8 Å². The van der Waals surface area contributed by atoms with Crippen molar-refractivity contribution in [3.05, 3.63) is 50.3 Å². The Morgan fingerprint density at radius 1 is 1.50 bits per heavy atom. The lowest BCUT2D eigenvalue weighted by atomic mass is 10.2. The van der Waals surface area contributed by atoms with Crippen molar-refractivity contribution in [1.29, 1.82) is 5.26 Å². The van der Waals surface area contributed by atoms with Gasteiger partial charge in [0, 0.05) is 21.1 Å². The zero-order valence-corrected chi connectivity index (χ0v) is 13.2. The van der Waals surface area contributed by atoms with Gasteiger partial charge in [0.15, 0.2) is 5.16 Å². The van der Waals surface area contributed by atoms with Crippen molar-refractivity contribution in [3.8, 4) is 6.07 Å². The summed E-state index contributed by atoms with van der Waals surface area (Å²) in [6.45, 7) is 2.04. The maximum Gasteiger partial charge on any atom is 0.251 e. The van der Waals surface area contributed by atoms with E-state index < -0.39 is 0 Å². The first-order valence-corrected chi connectivity index (χ1v) is 7.71. The SMILES string of the molecule is CCCc1cc(=O)[nH]c(Sc2cccc(Br)c2C#N)n1. The summed E-state index contributed by atoms with van der Waals surface area (Å²) in [5.74, 6) is 0. The first-order valence-electron chi connectivity index (χ1n) is 6.10. The molecule has 0 saturated heterocycles. The fourth-order valence-electron chi connectivity index (χ4n) is 1.72. The number of aryl methyl sites for hydroxylation is 1. The largest absolute Gasteiger partial charge is 0.301 e. The van der Waals surface area contributed by atoms with E-state index in [2.05, 4.69) is 32.0 Å². The Labute approximate surface area is 129 Å². The molecule has 2 rings (SSSR count). The molecule has 0 aliphatic carbocycles. The molecule has 0 spiro atoms. The minimum absolute atomic E-state index is 0.167. The molecule has 1 N–H and O–H groups in total. The van der Waals surface area contributed by atoms with Gasteiger partial charge in [-0.2, -0.15) is 5.26 Å². The Balaban J connectivity index is 2.38. The Hall–Kier alpha value is -1.58. The van der Waals surface area contributed by atoms with Crippen LogP contribution in [0.25, 0.3) is 0 Å². The van der Waals surface area contributed by atoms with Crippen molar-refractivity contribution in [3.63, 3.8) is 0 Å². The number of aromatic amines is 1. The van der Waals surface area contributed by atoms with Crippen LogP contribution in [0.15, 0.2) is 43.6 Å². The van der Waals surface area contributed by atoms with Crippen LogP contribution in [0.5, 0.6) is 0 Å². The number of nitrogens with zero attached hydrogens (tertiary/aromatic N) is 2. The molecule has 0 amide bonds. The van der Waals surface area contributed by atoms with E-state index in [9.17, 15) is 10.1 Å². The molecule has 0 bridgehead atoms. The van der Waals surface area contributed by atoms with Gasteiger partial charge in [0.2, 0.25) is 0 Å². The predicted octanol–water partition coefficient (Wildman–Crippen LogP) is 3.51. The van der Waals surface area contributed by atoms with Gasteiger partial charge in [0.05, 0.1) is 5.56 Å². The smallest absolute Gasteiger partial charge is 0.251 e. The van der Waals surface area contributed by atoms with Crippen LogP contribution in [-0.2, 0) is 6.42 Å². The molecule has 0 atom stereocenters. The quantitative estimate of drug-likeness (QED) is 0.857. The molecule has 0 fully saturated rings. The molecule has 1 heterocycles. The summed E-state index contributed by atoms with van der Waals surface area (Å²) in [5, 5.41) is 9.69. The molecule has 1 aromatic heterocycles. The van der Waals surface area contributed by atoms with Crippen LogP contribution in [0, 0.1) is 11.3 Å². The van der Waals surface area contributed by atoms with Crippen LogP contribution in [-0.4, -0.2) is 9.97 Å². The zero-order chi connectivity index (χ0) is 14.5. The Morgan fingerprint density at radius 2 is 2.30 bits per heavy atom. The summed E-state index contributed by atoms with van der Waals surface area (Å²) in [5.41, 5.74) is 1.15. The van der Waals surface area contributed by atoms with Crippen molar-refractivity contribution >= 4 is 27.7 Å². The van der Waals surface area contributed by atoms with Crippen molar-refractivity contribution in [2.45, 2.75) is 29.8 Å². The topological polar surface area (TPSA) is 69.5 Å². The standard InChI is InChI=1S/C14H12BrN3OS/c1-2-4-9-7-13(19)18-14(17-9)20-12-6-3-5-11(15)10(12)8-16/h3,5-7H,2,4H2,1H3,(H,17,18,19). The second kappa shape index (κ2) is 6.73. The summed E-state index contributed by atoms with van der Waals surface area (Å²) in [6.07, 6.45) is 1.70. The number of halogens is 1. The number of benzene rings is 1. The van der Waals surface area contributed by atoms with E-state index in [0.29, 0.717) is 10.7 Å². The second-order valence-electron chi connectivity index (χ2n) is 4.12. The van der Waals surface area contributed by atoms with Gasteiger partial charge in [-0.15, -0.1) is 0 Å². The van der Waals surface area contributed by atoms with Gasteiger partial charge in [-0.1, -0.05) is 31.2 Å². The van der Waals surface area contributed by atoms with Crippen LogP contribution in [0.2, 0.25) is 0 Å². The Morgan fingerprint density at radius 3 is 3.00 bits per heavy atom. The average Bonchev–Trinajstić information content (AvgIpc) is 2.38. The minimum Gasteiger partial charge on any atom is -0.301 e. The van der Waals surface area contributed by atoms with Gasteiger partial charge in [0.1, 0.15) is 6.07 Å². The van der Waals surface area contributed by atoms with Gasteiger partial charge in [-0.25, -0.2) is 4.98 Å². The number of H-pyrrole nitrogens is 1. The summed E-state index contributed by atoms with van der Waals surface area (Å²) in [7, 11) is 0. The van der Waals surface area contributed by atoms with Gasteiger partial charge in [-0.05, 0) is 34.5 Å². The van der Waals surface area contributed by atoms with Gasteiger partial charge < -0.3 is 4.98 Å². The highest BCUT2D eigenvalue weighted by Crippen LogP contribution is 2.31. The van der Waals surface area contributed by atoms with Crippen LogP contribution < -0.4 is 5.56 Å². The average molecular weight is 350 g/mol. The molecule has 4 nitrogen and oxygen atoms in total. The van der Waals surface area contributed by atoms with Crippen LogP contribution in [0.4, 0.5) is 0 Å². The van der Waals surface area contributed by atoms with E-state index in [1.807, 2.05) is 25.1 Å². The van der Waals surface area contributed by atoms with E-state index >= 15 is 0 Å². The maximum absolute atomic E-state index is 11.6. The van der Waals surface area contributed by atoms with Crippen molar-refractivity contribution in [2.75, 3.05) is 0 Å². The third-order valence-electron chi connectivity index (χ3n) is 2.57. The van der Waals surface area contributed by atoms with Gasteiger partial charge >= 0.3 is 0 Å². The number of hydrogen-bond donors (Lipinski definition) is 1.